The average Bonchev–Trinajstić information content (AvgIpc) is 3.30. The highest BCUT2D eigenvalue weighted by atomic mass is 16.5. The van der Waals surface area contributed by atoms with Gasteiger partial charge in [-0.3, -0.25) is 4.79 Å². The van der Waals surface area contributed by atoms with Gasteiger partial charge in [-0.25, -0.2) is 4.68 Å². The number of nitrogens with zero attached hydrogens (tertiary/aromatic N) is 3. The van der Waals surface area contributed by atoms with E-state index in [9.17, 15) is 10.1 Å². The topological polar surface area (TPSA) is 89.2 Å². The molecule has 0 atom stereocenters. The van der Waals surface area contributed by atoms with Crippen LogP contribution in [0.25, 0.3) is 23.0 Å². The van der Waals surface area contributed by atoms with Crippen molar-refractivity contribution in [2.45, 2.75) is 26.2 Å². The van der Waals surface area contributed by atoms with E-state index < -0.39 is 5.91 Å². The van der Waals surface area contributed by atoms with E-state index in [2.05, 4.69) is 12.2 Å². The molecule has 7 nitrogen and oxygen atoms in total. The van der Waals surface area contributed by atoms with Crippen LogP contribution in [0, 0.1) is 11.3 Å². The Kier molecular flexibility index (Phi) is 9.44. The number of ether oxygens (including phenoxy) is 2. The normalized spacial score (nSPS) is 11.1. The molecule has 176 valence electrons. The minimum absolute atomic E-state index is 0.0193. The molecule has 0 aliphatic carbocycles. The van der Waals surface area contributed by atoms with Crippen LogP contribution in [-0.4, -0.2) is 42.6 Å². The summed E-state index contributed by atoms with van der Waals surface area (Å²) in [5.74, 6) is 0.377. The summed E-state index contributed by atoms with van der Waals surface area (Å²) in [6.45, 7) is 3.77. The molecule has 1 heterocycles. The molecule has 34 heavy (non-hydrogen) atoms. The predicted octanol–water partition coefficient (Wildman–Crippen LogP) is 4.78. The van der Waals surface area contributed by atoms with Gasteiger partial charge in [0, 0.05) is 37.6 Å². The van der Waals surface area contributed by atoms with Gasteiger partial charge in [0.1, 0.15) is 17.4 Å². The molecular weight excluding hydrogens is 428 g/mol. The second kappa shape index (κ2) is 13.0. The molecule has 0 saturated carbocycles. The van der Waals surface area contributed by atoms with Crippen LogP contribution >= 0.6 is 0 Å². The van der Waals surface area contributed by atoms with Crippen LogP contribution in [0.1, 0.15) is 31.7 Å². The molecule has 0 aliphatic heterocycles. The van der Waals surface area contributed by atoms with Gasteiger partial charge < -0.3 is 14.8 Å². The molecule has 0 unspecified atom stereocenters. The number of rotatable bonds is 12. The third kappa shape index (κ3) is 6.80. The zero-order valence-electron chi connectivity index (χ0n) is 19.7. The Hall–Kier alpha value is -3.89. The number of carbonyl (C=O) groups is 1. The van der Waals surface area contributed by atoms with E-state index in [4.69, 9.17) is 14.6 Å². The summed E-state index contributed by atoms with van der Waals surface area (Å²) in [6, 6.07) is 19.4. The van der Waals surface area contributed by atoms with E-state index >= 15 is 0 Å². The number of methoxy groups -OCH3 is 1. The number of hydrogen-bond acceptors (Lipinski definition) is 5. The number of nitriles is 1. The summed E-state index contributed by atoms with van der Waals surface area (Å²) in [4.78, 5) is 12.5. The Bertz CT molecular complexity index is 1130. The first-order valence-electron chi connectivity index (χ1n) is 11.4. The lowest BCUT2D eigenvalue weighted by molar-refractivity contribution is -0.117. The maximum Gasteiger partial charge on any atom is 0.261 e. The molecule has 0 saturated heterocycles. The molecule has 1 aromatic heterocycles. The summed E-state index contributed by atoms with van der Waals surface area (Å²) in [5, 5.41) is 17.2. The van der Waals surface area contributed by atoms with Crippen LogP contribution < -0.4 is 10.1 Å². The van der Waals surface area contributed by atoms with E-state index in [1.165, 1.54) is 0 Å². The Labute approximate surface area is 200 Å². The van der Waals surface area contributed by atoms with Gasteiger partial charge in [-0.15, -0.1) is 0 Å². The summed E-state index contributed by atoms with van der Waals surface area (Å²) in [5.41, 5.74) is 3.11. The zero-order chi connectivity index (χ0) is 24.2. The first kappa shape index (κ1) is 24.7. The fourth-order valence-corrected chi connectivity index (χ4v) is 3.29. The van der Waals surface area contributed by atoms with E-state index in [0.29, 0.717) is 37.4 Å². The molecule has 0 radical (unpaired) electrons. The largest absolute Gasteiger partial charge is 0.494 e. The third-order valence-corrected chi connectivity index (χ3v) is 5.13. The van der Waals surface area contributed by atoms with Gasteiger partial charge in [-0.1, -0.05) is 31.5 Å². The molecule has 3 aromatic rings. The van der Waals surface area contributed by atoms with Gasteiger partial charge in [0.05, 0.1) is 18.0 Å². The van der Waals surface area contributed by atoms with Crippen molar-refractivity contribution in [3.8, 4) is 28.8 Å². The Morgan fingerprint density at radius 2 is 1.88 bits per heavy atom. The van der Waals surface area contributed by atoms with Crippen molar-refractivity contribution in [3.05, 3.63) is 71.9 Å². The molecule has 1 N–H and O–H groups in total. The first-order valence-corrected chi connectivity index (χ1v) is 11.4. The molecular formula is C27H30N4O3. The molecule has 1 amide bonds. The zero-order valence-corrected chi connectivity index (χ0v) is 19.7. The Morgan fingerprint density at radius 3 is 2.56 bits per heavy atom. The summed E-state index contributed by atoms with van der Waals surface area (Å²) >= 11 is 0. The highest BCUT2D eigenvalue weighted by Crippen LogP contribution is 2.27. The standard InChI is InChI=1S/C27H30N4O3/c1-3-4-17-34-25-13-11-21(12-14-25)26-23(20-31(30-26)24-9-6-5-7-10-24)18-22(19-28)27(32)29-15-8-16-33-2/h5-7,9-14,18,20H,3-4,8,15-17H2,1-2H3,(H,29,32)/b22-18+. The predicted molar refractivity (Wildman–Crippen MR) is 132 cm³/mol. The van der Waals surface area contributed by atoms with Crippen LogP contribution in [0.2, 0.25) is 0 Å². The number of aromatic nitrogens is 2. The van der Waals surface area contributed by atoms with Gasteiger partial charge in [-0.2, -0.15) is 10.4 Å². The van der Waals surface area contributed by atoms with Crippen molar-refractivity contribution >= 4 is 12.0 Å². The van der Waals surface area contributed by atoms with Crippen LogP contribution in [0.5, 0.6) is 5.75 Å². The number of carbonyl (C=O) groups excluding carboxylic acids is 1. The summed E-state index contributed by atoms with van der Waals surface area (Å²) in [6.07, 6.45) is 6.16. The van der Waals surface area contributed by atoms with E-state index in [1.807, 2.05) is 66.9 Å². The van der Waals surface area contributed by atoms with E-state index in [-0.39, 0.29) is 5.57 Å². The maximum absolute atomic E-state index is 12.5. The number of para-hydroxylation sites is 1. The van der Waals surface area contributed by atoms with Crippen LogP contribution in [-0.2, 0) is 9.53 Å². The second-order valence-corrected chi connectivity index (χ2v) is 7.71. The van der Waals surface area contributed by atoms with Crippen molar-refractivity contribution in [2.75, 3.05) is 26.9 Å². The summed E-state index contributed by atoms with van der Waals surface area (Å²) < 4.78 is 12.5. The number of nitrogens with one attached hydrogen (secondary N) is 1. The number of amides is 1. The highest BCUT2D eigenvalue weighted by Gasteiger charge is 2.15. The molecule has 0 aliphatic rings. The minimum atomic E-state index is -0.420. The Morgan fingerprint density at radius 1 is 1.12 bits per heavy atom. The van der Waals surface area contributed by atoms with Gasteiger partial charge in [0.2, 0.25) is 0 Å². The van der Waals surface area contributed by atoms with Gasteiger partial charge in [0.25, 0.3) is 5.91 Å². The van der Waals surface area contributed by atoms with Crippen LogP contribution in [0.15, 0.2) is 66.4 Å². The molecule has 0 spiro atoms. The monoisotopic (exact) mass is 458 g/mol. The lowest BCUT2D eigenvalue weighted by atomic mass is 10.1. The van der Waals surface area contributed by atoms with Crippen molar-refractivity contribution < 1.29 is 14.3 Å². The molecule has 0 fully saturated rings. The Balaban J connectivity index is 1.92. The third-order valence-electron chi connectivity index (χ3n) is 5.13. The minimum Gasteiger partial charge on any atom is -0.494 e. The van der Waals surface area contributed by atoms with E-state index in [1.54, 1.807) is 17.9 Å². The van der Waals surface area contributed by atoms with Crippen molar-refractivity contribution in [1.29, 1.82) is 5.26 Å². The summed E-state index contributed by atoms with van der Waals surface area (Å²) in [7, 11) is 1.61. The first-order chi connectivity index (χ1) is 16.7. The van der Waals surface area contributed by atoms with Crippen molar-refractivity contribution in [1.82, 2.24) is 15.1 Å². The quantitative estimate of drug-likeness (QED) is 0.240. The molecule has 2 aromatic carbocycles. The van der Waals surface area contributed by atoms with Gasteiger partial charge in [0.15, 0.2) is 0 Å². The van der Waals surface area contributed by atoms with E-state index in [0.717, 1.165) is 29.8 Å². The molecule has 0 bridgehead atoms. The van der Waals surface area contributed by atoms with Gasteiger partial charge >= 0.3 is 0 Å². The fourth-order valence-electron chi connectivity index (χ4n) is 3.29. The second-order valence-electron chi connectivity index (χ2n) is 7.71. The smallest absolute Gasteiger partial charge is 0.261 e. The number of unbranched alkanes of at least 4 members (excludes halogenated alkanes) is 1. The van der Waals surface area contributed by atoms with Gasteiger partial charge in [-0.05, 0) is 55.3 Å². The number of benzene rings is 2. The fraction of sp³-hybridized carbons (Fsp3) is 0.296. The number of hydrogen-bond donors (Lipinski definition) is 1. The maximum atomic E-state index is 12.5. The van der Waals surface area contributed by atoms with Crippen molar-refractivity contribution in [2.24, 2.45) is 0 Å². The molecule has 7 heteroatoms. The highest BCUT2D eigenvalue weighted by molar-refractivity contribution is 6.02. The SMILES string of the molecule is CCCCOc1ccc(-c2nn(-c3ccccc3)cc2/C=C(\C#N)C(=O)NCCCOC)cc1. The van der Waals surface area contributed by atoms with Crippen LogP contribution in [0.4, 0.5) is 0 Å². The average molecular weight is 459 g/mol. The lowest BCUT2D eigenvalue weighted by Crippen LogP contribution is -2.26. The molecule has 3 rings (SSSR count). The lowest BCUT2D eigenvalue weighted by Gasteiger charge is -2.06. The van der Waals surface area contributed by atoms with Crippen molar-refractivity contribution in [3.63, 3.8) is 0 Å². The van der Waals surface area contributed by atoms with Crippen LogP contribution in [0.3, 0.4) is 0 Å².